The van der Waals surface area contributed by atoms with Crippen molar-refractivity contribution in [3.05, 3.63) is 30.4 Å². The number of hydrogen-bond acceptors (Lipinski definition) is 4. The normalized spacial score (nSPS) is 13.6. The van der Waals surface area contributed by atoms with Gasteiger partial charge in [-0.2, -0.15) is 0 Å². The summed E-state index contributed by atoms with van der Waals surface area (Å²) in [6, 6.07) is 5.53. The molecule has 1 aliphatic rings. The van der Waals surface area contributed by atoms with Crippen LogP contribution in [0.1, 0.15) is 0 Å². The Morgan fingerprint density at radius 2 is 2.12 bits per heavy atom. The highest BCUT2D eigenvalue weighted by molar-refractivity contribution is 5.79. The predicted molar refractivity (Wildman–Crippen MR) is 62.7 cm³/mol. The summed E-state index contributed by atoms with van der Waals surface area (Å²) in [4.78, 5) is 10.3. The summed E-state index contributed by atoms with van der Waals surface area (Å²) >= 11 is 0. The second kappa shape index (κ2) is 5.25. The van der Waals surface area contributed by atoms with Crippen molar-refractivity contribution < 1.29 is 19.4 Å². The van der Waals surface area contributed by atoms with Gasteiger partial charge in [-0.05, 0) is 12.1 Å². The number of hydrogen-bond donors (Lipinski definition) is 2. The van der Waals surface area contributed by atoms with E-state index in [0.29, 0.717) is 25.5 Å². The summed E-state index contributed by atoms with van der Waals surface area (Å²) in [5, 5.41) is 11.5. The zero-order valence-corrected chi connectivity index (χ0v) is 9.18. The molecule has 1 heterocycles. The van der Waals surface area contributed by atoms with Crippen LogP contribution in [0.25, 0.3) is 0 Å². The van der Waals surface area contributed by atoms with Crippen LogP contribution in [-0.4, -0.2) is 30.8 Å². The molecular weight excluding hydrogens is 222 g/mol. The van der Waals surface area contributed by atoms with Gasteiger partial charge >= 0.3 is 5.97 Å². The predicted octanol–water partition coefficient (Wildman–Crippen LogP) is 1.51. The van der Waals surface area contributed by atoms with E-state index in [-0.39, 0.29) is 0 Å². The Bertz CT molecular complexity index is 442. The molecule has 0 saturated heterocycles. The van der Waals surface area contributed by atoms with Crippen molar-refractivity contribution in [1.29, 1.82) is 0 Å². The molecule has 1 aromatic carbocycles. The third kappa shape index (κ3) is 3.14. The molecule has 0 bridgehead atoms. The van der Waals surface area contributed by atoms with E-state index in [1.807, 2.05) is 18.2 Å². The highest BCUT2D eigenvalue weighted by atomic mass is 16.6. The number of benzene rings is 1. The number of anilines is 1. The minimum absolute atomic E-state index is 0.450. The fourth-order valence-electron chi connectivity index (χ4n) is 1.49. The third-order valence-electron chi connectivity index (χ3n) is 2.23. The van der Waals surface area contributed by atoms with Crippen molar-refractivity contribution in [1.82, 2.24) is 0 Å². The van der Waals surface area contributed by atoms with Crippen LogP contribution >= 0.6 is 0 Å². The molecule has 0 aliphatic carbocycles. The maximum atomic E-state index is 10.3. The molecule has 90 valence electrons. The van der Waals surface area contributed by atoms with Crippen LogP contribution in [0.4, 0.5) is 5.69 Å². The molecule has 0 aromatic heterocycles. The molecule has 0 spiro atoms. The van der Waals surface area contributed by atoms with Crippen LogP contribution in [0.15, 0.2) is 30.4 Å². The molecule has 0 radical (unpaired) electrons. The summed E-state index contributed by atoms with van der Waals surface area (Å²) in [5.41, 5.74) is 0.865. The molecule has 0 fully saturated rings. The first-order valence-corrected chi connectivity index (χ1v) is 5.29. The lowest BCUT2D eigenvalue weighted by Crippen LogP contribution is -2.15. The van der Waals surface area contributed by atoms with Crippen LogP contribution in [0, 0.1) is 0 Å². The quantitative estimate of drug-likeness (QED) is 0.774. The molecule has 0 saturated carbocycles. The van der Waals surface area contributed by atoms with Gasteiger partial charge in [-0.3, -0.25) is 0 Å². The number of carboxylic acids is 1. The highest BCUT2D eigenvalue weighted by Crippen LogP contribution is 2.32. The molecule has 0 amide bonds. The molecule has 17 heavy (non-hydrogen) atoms. The molecular formula is C12H13NO4. The van der Waals surface area contributed by atoms with Crippen molar-refractivity contribution in [2.75, 3.05) is 25.1 Å². The minimum atomic E-state index is -0.950. The van der Waals surface area contributed by atoms with Gasteiger partial charge in [-0.25, -0.2) is 4.79 Å². The first-order valence-electron chi connectivity index (χ1n) is 5.29. The van der Waals surface area contributed by atoms with Gasteiger partial charge in [0.15, 0.2) is 11.5 Å². The van der Waals surface area contributed by atoms with Gasteiger partial charge < -0.3 is 19.9 Å². The fourth-order valence-corrected chi connectivity index (χ4v) is 1.49. The molecule has 0 unspecified atom stereocenters. The monoisotopic (exact) mass is 235 g/mol. The minimum Gasteiger partial charge on any atom is -0.486 e. The smallest absolute Gasteiger partial charge is 0.328 e. The largest absolute Gasteiger partial charge is 0.486 e. The Balaban J connectivity index is 1.95. The average molecular weight is 235 g/mol. The number of fused-ring (bicyclic) bond motifs is 1. The van der Waals surface area contributed by atoms with E-state index in [1.54, 1.807) is 6.08 Å². The van der Waals surface area contributed by atoms with Crippen molar-refractivity contribution in [3.63, 3.8) is 0 Å². The van der Waals surface area contributed by atoms with Crippen LogP contribution in [0.5, 0.6) is 11.5 Å². The second-order valence-electron chi connectivity index (χ2n) is 3.48. The lowest BCUT2D eigenvalue weighted by molar-refractivity contribution is -0.131. The van der Waals surface area contributed by atoms with E-state index in [4.69, 9.17) is 14.6 Å². The molecule has 2 N–H and O–H groups in total. The van der Waals surface area contributed by atoms with E-state index >= 15 is 0 Å². The van der Waals surface area contributed by atoms with Crippen LogP contribution in [0.2, 0.25) is 0 Å². The number of ether oxygens (including phenoxy) is 2. The van der Waals surface area contributed by atoms with Gasteiger partial charge in [0.25, 0.3) is 0 Å². The number of carboxylic acid groups (broad SMARTS) is 1. The van der Waals surface area contributed by atoms with Crippen molar-refractivity contribution in [3.8, 4) is 11.5 Å². The van der Waals surface area contributed by atoms with E-state index in [2.05, 4.69) is 5.32 Å². The maximum Gasteiger partial charge on any atom is 0.328 e. The van der Waals surface area contributed by atoms with Crippen LogP contribution in [0.3, 0.4) is 0 Å². The van der Waals surface area contributed by atoms with E-state index < -0.39 is 5.97 Å². The zero-order valence-electron chi connectivity index (χ0n) is 9.18. The average Bonchev–Trinajstić information content (AvgIpc) is 2.34. The first kappa shape index (κ1) is 11.3. The number of carbonyl (C=O) groups is 1. The van der Waals surface area contributed by atoms with E-state index in [9.17, 15) is 4.79 Å². The first-order chi connectivity index (χ1) is 8.25. The van der Waals surface area contributed by atoms with Gasteiger partial charge in [0.2, 0.25) is 0 Å². The Kier molecular flexibility index (Phi) is 3.49. The number of rotatable bonds is 4. The Morgan fingerprint density at radius 1 is 1.35 bits per heavy atom. The van der Waals surface area contributed by atoms with E-state index in [0.717, 1.165) is 17.5 Å². The molecule has 1 aliphatic heterocycles. The maximum absolute atomic E-state index is 10.3. The molecule has 1 aromatic rings. The second-order valence-corrected chi connectivity index (χ2v) is 3.48. The Hall–Kier alpha value is -2.17. The van der Waals surface area contributed by atoms with Crippen LogP contribution < -0.4 is 14.8 Å². The standard InChI is InChI=1S/C12H13NO4/c14-12(15)2-1-5-13-9-3-4-10-11(8-9)17-7-6-16-10/h1-4,8,13H,5-7H2,(H,14,15)/b2-1+. The van der Waals surface area contributed by atoms with E-state index in [1.165, 1.54) is 0 Å². The summed E-state index contributed by atoms with van der Waals surface area (Å²) < 4.78 is 10.8. The summed E-state index contributed by atoms with van der Waals surface area (Å²) in [7, 11) is 0. The fraction of sp³-hybridized carbons (Fsp3) is 0.250. The SMILES string of the molecule is O=C(O)/C=C/CNc1ccc2c(c1)OCCO2. The lowest BCUT2D eigenvalue weighted by atomic mass is 10.2. The number of nitrogens with one attached hydrogen (secondary N) is 1. The summed E-state index contributed by atoms with van der Waals surface area (Å²) in [5.74, 6) is 0.500. The molecule has 0 atom stereocenters. The van der Waals surface area contributed by atoms with Gasteiger partial charge in [0, 0.05) is 24.4 Å². The third-order valence-corrected chi connectivity index (χ3v) is 2.23. The summed E-state index contributed by atoms with van der Waals surface area (Å²) in [6.45, 7) is 1.57. The Morgan fingerprint density at radius 3 is 2.88 bits per heavy atom. The molecule has 5 nitrogen and oxygen atoms in total. The van der Waals surface area contributed by atoms with Gasteiger partial charge in [0.05, 0.1) is 0 Å². The van der Waals surface area contributed by atoms with Crippen molar-refractivity contribution >= 4 is 11.7 Å². The Labute approximate surface area is 98.7 Å². The molecule has 2 rings (SSSR count). The van der Waals surface area contributed by atoms with Crippen LogP contribution in [-0.2, 0) is 4.79 Å². The number of aliphatic carboxylic acids is 1. The van der Waals surface area contributed by atoms with Crippen molar-refractivity contribution in [2.24, 2.45) is 0 Å². The molecule has 5 heteroatoms. The van der Waals surface area contributed by atoms with Gasteiger partial charge in [-0.1, -0.05) is 6.08 Å². The highest BCUT2D eigenvalue weighted by Gasteiger charge is 2.10. The summed E-state index contributed by atoms with van der Waals surface area (Å²) in [6.07, 6.45) is 2.64. The zero-order chi connectivity index (χ0) is 12.1. The lowest BCUT2D eigenvalue weighted by Gasteiger charge is -2.19. The van der Waals surface area contributed by atoms with Crippen molar-refractivity contribution in [2.45, 2.75) is 0 Å². The van der Waals surface area contributed by atoms with Gasteiger partial charge in [0.1, 0.15) is 13.2 Å². The topological polar surface area (TPSA) is 67.8 Å². The van der Waals surface area contributed by atoms with Gasteiger partial charge in [-0.15, -0.1) is 0 Å².